The highest BCUT2D eigenvalue weighted by atomic mass is 16.4. The van der Waals surface area contributed by atoms with Crippen LogP contribution in [0.25, 0.3) is 0 Å². The van der Waals surface area contributed by atoms with E-state index in [1.54, 1.807) is 19.1 Å². The molecular weight excluding hydrogens is 428 g/mol. The number of carbonyl (C=O) groups is 4. The number of phenolic OH excluding ortho intramolecular Hbond substituents is 1. The van der Waals surface area contributed by atoms with Crippen molar-refractivity contribution >= 4 is 23.7 Å². The van der Waals surface area contributed by atoms with Crippen LogP contribution in [0.2, 0.25) is 0 Å². The molecule has 1 fully saturated rings. The maximum absolute atomic E-state index is 12.9. The Morgan fingerprint density at radius 1 is 1.15 bits per heavy atom. The topological polar surface area (TPSA) is 162 Å². The maximum Gasteiger partial charge on any atom is 0.326 e. The van der Waals surface area contributed by atoms with Gasteiger partial charge >= 0.3 is 5.97 Å². The normalized spacial score (nSPS) is 19.3. The molecule has 0 bridgehead atoms. The van der Waals surface area contributed by atoms with Crippen molar-refractivity contribution in [1.29, 1.82) is 0 Å². The van der Waals surface area contributed by atoms with E-state index < -0.39 is 42.0 Å². The first-order valence-corrected chi connectivity index (χ1v) is 11.2. The van der Waals surface area contributed by atoms with Crippen LogP contribution in [0.4, 0.5) is 0 Å². The zero-order valence-corrected chi connectivity index (χ0v) is 19.3. The number of nitrogens with one attached hydrogen (secondary N) is 2. The number of rotatable bonds is 10. The van der Waals surface area contributed by atoms with E-state index in [0.29, 0.717) is 25.8 Å². The van der Waals surface area contributed by atoms with Crippen molar-refractivity contribution in [2.75, 3.05) is 6.54 Å². The molecule has 0 aromatic heterocycles. The third-order valence-electron chi connectivity index (χ3n) is 6.08. The first-order valence-electron chi connectivity index (χ1n) is 11.2. The number of nitrogens with zero attached hydrogens (tertiary/aromatic N) is 1. The molecular formula is C23H34N4O6. The highest BCUT2D eigenvalue weighted by Gasteiger charge is 2.37. The van der Waals surface area contributed by atoms with Gasteiger partial charge in [0.2, 0.25) is 17.7 Å². The fourth-order valence-corrected chi connectivity index (χ4v) is 3.83. The molecule has 1 aromatic carbocycles. The summed E-state index contributed by atoms with van der Waals surface area (Å²) in [4.78, 5) is 51.1. The second-order valence-electron chi connectivity index (χ2n) is 8.61. The summed E-state index contributed by atoms with van der Waals surface area (Å²) >= 11 is 0. The molecule has 0 spiro atoms. The summed E-state index contributed by atoms with van der Waals surface area (Å²) < 4.78 is 0. The van der Waals surface area contributed by atoms with Crippen LogP contribution in [0.5, 0.6) is 5.75 Å². The molecule has 0 saturated carbocycles. The van der Waals surface area contributed by atoms with E-state index in [2.05, 4.69) is 10.6 Å². The summed E-state index contributed by atoms with van der Waals surface area (Å²) in [5.41, 5.74) is 6.88. The van der Waals surface area contributed by atoms with Crippen LogP contribution < -0.4 is 16.4 Å². The molecule has 1 aliphatic heterocycles. The van der Waals surface area contributed by atoms with Crippen LogP contribution in [0.1, 0.15) is 45.6 Å². The zero-order chi connectivity index (χ0) is 24.7. The van der Waals surface area contributed by atoms with E-state index in [1.165, 1.54) is 24.0 Å². The van der Waals surface area contributed by atoms with Crippen molar-refractivity contribution in [2.45, 2.75) is 70.6 Å². The third-order valence-corrected chi connectivity index (χ3v) is 6.08. The zero-order valence-electron chi connectivity index (χ0n) is 19.3. The molecule has 33 heavy (non-hydrogen) atoms. The minimum absolute atomic E-state index is 0.118. The number of carboxylic acid groups (broad SMARTS) is 1. The van der Waals surface area contributed by atoms with Crippen molar-refractivity contribution in [3.8, 4) is 5.75 Å². The smallest absolute Gasteiger partial charge is 0.326 e. The highest BCUT2D eigenvalue weighted by molar-refractivity contribution is 5.94. The molecule has 0 radical (unpaired) electrons. The van der Waals surface area contributed by atoms with Crippen LogP contribution in [0.15, 0.2) is 24.3 Å². The Labute approximate surface area is 193 Å². The third kappa shape index (κ3) is 6.92. The van der Waals surface area contributed by atoms with E-state index in [-0.39, 0.29) is 24.0 Å². The van der Waals surface area contributed by atoms with E-state index in [1.807, 2.05) is 6.92 Å². The minimum atomic E-state index is -1.13. The number of phenols is 1. The summed E-state index contributed by atoms with van der Waals surface area (Å²) in [6.07, 6.45) is 1.91. The minimum Gasteiger partial charge on any atom is -0.508 e. The number of amides is 3. The average molecular weight is 463 g/mol. The van der Waals surface area contributed by atoms with Gasteiger partial charge in [-0.25, -0.2) is 4.79 Å². The fraction of sp³-hybridized carbons (Fsp3) is 0.565. The molecule has 5 unspecified atom stereocenters. The number of hydrogen-bond acceptors (Lipinski definition) is 6. The van der Waals surface area contributed by atoms with E-state index >= 15 is 0 Å². The summed E-state index contributed by atoms with van der Waals surface area (Å²) in [5, 5.41) is 23.8. The lowest BCUT2D eigenvalue weighted by Gasteiger charge is -2.28. The van der Waals surface area contributed by atoms with Gasteiger partial charge in [-0.1, -0.05) is 32.4 Å². The summed E-state index contributed by atoms with van der Waals surface area (Å²) in [5.74, 6) is -2.72. The van der Waals surface area contributed by atoms with Gasteiger partial charge in [0.15, 0.2) is 0 Å². The predicted octanol–water partition coefficient (Wildman–Crippen LogP) is 0.373. The Morgan fingerprint density at radius 2 is 1.79 bits per heavy atom. The standard InChI is InChI=1S/C23H34N4O6/c1-4-13(2)19(23(32)33)26-20(29)14(3)25-21(30)18-6-5-11-27(18)22(31)17(24)12-15-7-9-16(28)10-8-15/h7-10,13-14,17-19,28H,4-6,11-12,24H2,1-3H3,(H,25,30)(H,26,29)(H,32,33). The molecule has 5 atom stereocenters. The van der Waals surface area contributed by atoms with Gasteiger partial charge in [0, 0.05) is 6.54 Å². The molecule has 0 aliphatic carbocycles. The van der Waals surface area contributed by atoms with E-state index in [4.69, 9.17) is 5.73 Å². The quantitative estimate of drug-likeness (QED) is 0.335. The van der Waals surface area contributed by atoms with Crippen LogP contribution >= 0.6 is 0 Å². The van der Waals surface area contributed by atoms with Crippen molar-refractivity contribution in [3.63, 3.8) is 0 Å². The molecule has 1 heterocycles. The van der Waals surface area contributed by atoms with Crippen molar-refractivity contribution in [3.05, 3.63) is 29.8 Å². The van der Waals surface area contributed by atoms with Crippen LogP contribution in [0.3, 0.4) is 0 Å². The highest BCUT2D eigenvalue weighted by Crippen LogP contribution is 2.20. The molecule has 182 valence electrons. The van der Waals surface area contributed by atoms with Gasteiger partial charge in [-0.15, -0.1) is 0 Å². The molecule has 6 N–H and O–H groups in total. The number of aliphatic carboxylic acids is 1. The van der Waals surface area contributed by atoms with Gasteiger partial charge < -0.3 is 31.5 Å². The lowest BCUT2D eigenvalue weighted by atomic mass is 9.99. The van der Waals surface area contributed by atoms with Gasteiger partial charge in [-0.2, -0.15) is 0 Å². The summed E-state index contributed by atoms with van der Waals surface area (Å²) in [6.45, 7) is 5.41. The Kier molecular flexibility index (Phi) is 9.22. The number of benzene rings is 1. The molecule has 2 rings (SSSR count). The van der Waals surface area contributed by atoms with Crippen LogP contribution in [-0.2, 0) is 25.6 Å². The van der Waals surface area contributed by atoms with Gasteiger partial charge in [0.1, 0.15) is 23.9 Å². The number of aromatic hydroxyl groups is 1. The van der Waals surface area contributed by atoms with E-state index in [9.17, 15) is 29.4 Å². The van der Waals surface area contributed by atoms with Gasteiger partial charge in [-0.05, 0) is 49.8 Å². The number of carbonyl (C=O) groups excluding carboxylic acids is 3. The van der Waals surface area contributed by atoms with Crippen molar-refractivity contribution in [1.82, 2.24) is 15.5 Å². The lowest BCUT2D eigenvalue weighted by Crippen LogP contribution is -2.56. The molecule has 10 nitrogen and oxygen atoms in total. The molecule has 10 heteroatoms. The van der Waals surface area contributed by atoms with Crippen LogP contribution in [-0.4, -0.2) is 69.5 Å². The Morgan fingerprint density at radius 3 is 2.36 bits per heavy atom. The molecule has 1 aliphatic rings. The Balaban J connectivity index is 1.97. The second-order valence-corrected chi connectivity index (χ2v) is 8.61. The van der Waals surface area contributed by atoms with Gasteiger partial charge in [0.25, 0.3) is 0 Å². The molecule has 1 aromatic rings. The average Bonchev–Trinajstić information content (AvgIpc) is 3.27. The predicted molar refractivity (Wildman–Crippen MR) is 121 cm³/mol. The molecule has 1 saturated heterocycles. The maximum atomic E-state index is 12.9. The first kappa shape index (κ1) is 26.1. The fourth-order valence-electron chi connectivity index (χ4n) is 3.83. The lowest BCUT2D eigenvalue weighted by molar-refractivity contribution is -0.144. The largest absolute Gasteiger partial charge is 0.508 e. The number of nitrogens with two attached hydrogens (primary N) is 1. The Hall–Kier alpha value is -3.14. The Bertz CT molecular complexity index is 859. The van der Waals surface area contributed by atoms with Crippen molar-refractivity contribution < 1.29 is 29.4 Å². The van der Waals surface area contributed by atoms with Crippen LogP contribution in [0, 0.1) is 5.92 Å². The second kappa shape index (κ2) is 11.6. The van der Waals surface area contributed by atoms with Crippen molar-refractivity contribution in [2.24, 2.45) is 11.7 Å². The summed E-state index contributed by atoms with van der Waals surface area (Å²) in [7, 11) is 0. The van der Waals surface area contributed by atoms with Gasteiger partial charge in [0.05, 0.1) is 6.04 Å². The van der Waals surface area contributed by atoms with Gasteiger partial charge in [-0.3, -0.25) is 14.4 Å². The monoisotopic (exact) mass is 462 g/mol. The number of likely N-dealkylation sites (tertiary alicyclic amines) is 1. The SMILES string of the molecule is CCC(C)C(NC(=O)C(C)NC(=O)C1CCCN1C(=O)C(N)Cc1ccc(O)cc1)C(=O)O. The number of hydrogen-bond donors (Lipinski definition) is 5. The molecule has 3 amide bonds. The first-order chi connectivity index (χ1) is 15.5. The van der Waals surface area contributed by atoms with E-state index in [0.717, 1.165) is 5.56 Å². The number of carboxylic acids is 1. The summed E-state index contributed by atoms with van der Waals surface area (Å²) in [6, 6.07) is 2.78.